The Labute approximate surface area is 182 Å². The van der Waals surface area contributed by atoms with Crippen molar-refractivity contribution in [1.82, 2.24) is 4.98 Å². The predicted octanol–water partition coefficient (Wildman–Crippen LogP) is 5.57. The van der Waals surface area contributed by atoms with E-state index in [0.29, 0.717) is 28.2 Å². The summed E-state index contributed by atoms with van der Waals surface area (Å²) in [6.45, 7) is 0. The van der Waals surface area contributed by atoms with E-state index in [1.54, 1.807) is 24.3 Å². The highest BCUT2D eigenvalue weighted by molar-refractivity contribution is 6.04. The maximum absolute atomic E-state index is 14.7. The first-order valence-electron chi connectivity index (χ1n) is 9.54. The lowest BCUT2D eigenvalue weighted by Crippen LogP contribution is -2.13. The van der Waals surface area contributed by atoms with E-state index in [9.17, 15) is 13.6 Å². The molecule has 8 heteroatoms. The number of amides is 1. The zero-order chi connectivity index (χ0) is 22.7. The minimum absolute atomic E-state index is 0.0591. The Morgan fingerprint density at radius 3 is 2.31 bits per heavy atom. The number of aromatic nitrogens is 1. The van der Waals surface area contributed by atoms with Gasteiger partial charge in [-0.3, -0.25) is 9.78 Å². The number of halogens is 2. The molecule has 0 unspecified atom stereocenters. The molecular formula is C24H18F2N2O4. The second-order valence-corrected chi connectivity index (χ2v) is 6.71. The van der Waals surface area contributed by atoms with Crippen molar-refractivity contribution in [2.45, 2.75) is 0 Å². The van der Waals surface area contributed by atoms with Gasteiger partial charge in [-0.15, -0.1) is 0 Å². The lowest BCUT2D eigenvalue weighted by Gasteiger charge is -2.13. The fourth-order valence-electron chi connectivity index (χ4n) is 3.16. The fourth-order valence-corrected chi connectivity index (χ4v) is 3.16. The standard InChI is InChI=1S/C24H18F2N2O4/c1-30-22-12-16-19(13-23(22)31-2)27-10-9-20(16)32-21-8-7-14(11-18(21)26)28-24(29)15-5-3-4-6-17(15)25/h3-13H,1-2H3,(H,28,29). The van der Waals surface area contributed by atoms with Gasteiger partial charge in [0.25, 0.3) is 5.91 Å². The Balaban J connectivity index is 1.60. The van der Waals surface area contributed by atoms with Crippen molar-refractivity contribution >= 4 is 22.5 Å². The van der Waals surface area contributed by atoms with Crippen molar-refractivity contribution in [2.24, 2.45) is 0 Å². The molecule has 32 heavy (non-hydrogen) atoms. The molecule has 0 saturated heterocycles. The van der Waals surface area contributed by atoms with E-state index in [-0.39, 0.29) is 17.0 Å². The third kappa shape index (κ3) is 4.15. The predicted molar refractivity (Wildman–Crippen MR) is 116 cm³/mol. The lowest BCUT2D eigenvalue weighted by atomic mass is 10.1. The highest BCUT2D eigenvalue weighted by Gasteiger charge is 2.15. The summed E-state index contributed by atoms with van der Waals surface area (Å²) in [5, 5.41) is 3.07. The summed E-state index contributed by atoms with van der Waals surface area (Å²) >= 11 is 0. The van der Waals surface area contributed by atoms with E-state index >= 15 is 0 Å². The van der Waals surface area contributed by atoms with Gasteiger partial charge in [-0.2, -0.15) is 0 Å². The topological polar surface area (TPSA) is 69.7 Å². The van der Waals surface area contributed by atoms with E-state index in [1.807, 2.05) is 0 Å². The summed E-state index contributed by atoms with van der Waals surface area (Å²) in [4.78, 5) is 16.5. The number of ether oxygens (including phenoxy) is 3. The second kappa shape index (κ2) is 8.89. The number of hydrogen-bond donors (Lipinski definition) is 1. The number of pyridine rings is 1. The number of carbonyl (C=O) groups excluding carboxylic acids is 1. The molecule has 0 aliphatic rings. The van der Waals surface area contributed by atoms with Gasteiger partial charge in [0, 0.05) is 29.4 Å². The molecule has 162 valence electrons. The molecule has 0 radical (unpaired) electrons. The molecule has 6 nitrogen and oxygen atoms in total. The molecule has 1 amide bonds. The molecule has 0 spiro atoms. The van der Waals surface area contributed by atoms with E-state index in [1.165, 1.54) is 50.7 Å². The van der Waals surface area contributed by atoms with E-state index < -0.39 is 17.5 Å². The first-order chi connectivity index (χ1) is 15.5. The quantitative estimate of drug-likeness (QED) is 0.428. The van der Waals surface area contributed by atoms with Gasteiger partial charge in [0.2, 0.25) is 0 Å². The van der Waals surface area contributed by atoms with Crippen molar-refractivity contribution in [3.8, 4) is 23.0 Å². The normalized spacial score (nSPS) is 10.6. The van der Waals surface area contributed by atoms with Gasteiger partial charge in [-0.25, -0.2) is 8.78 Å². The average Bonchev–Trinajstić information content (AvgIpc) is 2.80. The summed E-state index contributed by atoms with van der Waals surface area (Å²) in [6.07, 6.45) is 1.53. The lowest BCUT2D eigenvalue weighted by molar-refractivity contribution is 0.102. The number of fused-ring (bicyclic) bond motifs is 1. The highest BCUT2D eigenvalue weighted by Crippen LogP contribution is 2.37. The molecule has 3 aromatic carbocycles. The van der Waals surface area contributed by atoms with Gasteiger partial charge < -0.3 is 19.5 Å². The number of rotatable bonds is 6. The number of methoxy groups -OCH3 is 2. The van der Waals surface area contributed by atoms with Crippen molar-refractivity contribution in [2.75, 3.05) is 19.5 Å². The Kier molecular flexibility index (Phi) is 5.85. The number of hydrogen-bond acceptors (Lipinski definition) is 5. The first-order valence-corrected chi connectivity index (χ1v) is 9.54. The molecule has 0 fully saturated rings. The van der Waals surface area contributed by atoms with Gasteiger partial charge >= 0.3 is 0 Å². The zero-order valence-corrected chi connectivity index (χ0v) is 17.2. The van der Waals surface area contributed by atoms with Crippen LogP contribution in [0.25, 0.3) is 10.9 Å². The number of nitrogens with zero attached hydrogens (tertiary/aromatic N) is 1. The first kappa shape index (κ1) is 21.0. The van der Waals surface area contributed by atoms with Gasteiger partial charge in [-0.05, 0) is 36.4 Å². The van der Waals surface area contributed by atoms with E-state index in [2.05, 4.69) is 10.3 Å². The van der Waals surface area contributed by atoms with Crippen LogP contribution in [0.15, 0.2) is 66.9 Å². The molecule has 0 saturated carbocycles. The van der Waals surface area contributed by atoms with Crippen LogP contribution in [-0.4, -0.2) is 25.1 Å². The Bertz CT molecular complexity index is 1310. The van der Waals surface area contributed by atoms with Crippen LogP contribution in [0.3, 0.4) is 0 Å². The van der Waals surface area contributed by atoms with E-state index in [0.717, 1.165) is 6.07 Å². The highest BCUT2D eigenvalue weighted by atomic mass is 19.1. The minimum atomic E-state index is -0.707. The van der Waals surface area contributed by atoms with Gasteiger partial charge in [0.05, 0.1) is 25.3 Å². The van der Waals surface area contributed by atoms with Crippen LogP contribution in [0.2, 0.25) is 0 Å². The molecule has 0 bridgehead atoms. The molecule has 4 rings (SSSR count). The number of benzene rings is 3. The summed E-state index contributed by atoms with van der Waals surface area (Å²) in [6, 6.07) is 14.5. The summed E-state index contributed by atoms with van der Waals surface area (Å²) < 4.78 is 44.9. The number of nitrogens with one attached hydrogen (secondary N) is 1. The van der Waals surface area contributed by atoms with Crippen LogP contribution in [0.4, 0.5) is 14.5 Å². The Morgan fingerprint density at radius 2 is 1.59 bits per heavy atom. The van der Waals surface area contributed by atoms with Crippen molar-refractivity contribution in [3.05, 3.63) is 84.1 Å². The van der Waals surface area contributed by atoms with Crippen molar-refractivity contribution in [1.29, 1.82) is 0 Å². The van der Waals surface area contributed by atoms with Crippen molar-refractivity contribution < 1.29 is 27.8 Å². The third-order valence-electron chi connectivity index (χ3n) is 4.74. The monoisotopic (exact) mass is 436 g/mol. The smallest absolute Gasteiger partial charge is 0.258 e. The van der Waals surface area contributed by atoms with E-state index in [4.69, 9.17) is 14.2 Å². The van der Waals surface area contributed by atoms with Crippen LogP contribution in [0.5, 0.6) is 23.0 Å². The molecule has 0 aliphatic carbocycles. The Morgan fingerprint density at radius 1 is 0.844 bits per heavy atom. The van der Waals surface area contributed by atoms with Crippen LogP contribution in [0, 0.1) is 11.6 Å². The fraction of sp³-hybridized carbons (Fsp3) is 0.0833. The number of carbonyl (C=O) groups is 1. The molecule has 1 aromatic heterocycles. The van der Waals surface area contributed by atoms with Gasteiger partial charge in [-0.1, -0.05) is 12.1 Å². The summed E-state index contributed by atoms with van der Waals surface area (Å²) in [5.74, 6) is -0.773. The Hall–Kier alpha value is -4.20. The molecule has 0 aliphatic heterocycles. The molecule has 1 N–H and O–H groups in total. The molecular weight excluding hydrogens is 418 g/mol. The third-order valence-corrected chi connectivity index (χ3v) is 4.74. The SMILES string of the molecule is COc1cc2nccc(Oc3ccc(NC(=O)c4ccccc4F)cc3F)c2cc1OC. The summed E-state index contributed by atoms with van der Waals surface area (Å²) in [5.41, 5.74) is 0.601. The van der Waals surface area contributed by atoms with Crippen LogP contribution >= 0.6 is 0 Å². The minimum Gasteiger partial charge on any atom is -0.493 e. The number of anilines is 1. The average molecular weight is 436 g/mol. The van der Waals surface area contributed by atoms with Crippen LogP contribution < -0.4 is 19.5 Å². The maximum atomic E-state index is 14.7. The van der Waals surface area contributed by atoms with Gasteiger partial charge in [0.15, 0.2) is 23.1 Å². The molecule has 0 atom stereocenters. The summed E-state index contributed by atoms with van der Waals surface area (Å²) in [7, 11) is 3.03. The van der Waals surface area contributed by atoms with Crippen molar-refractivity contribution in [3.63, 3.8) is 0 Å². The van der Waals surface area contributed by atoms with Crippen LogP contribution in [-0.2, 0) is 0 Å². The van der Waals surface area contributed by atoms with Gasteiger partial charge in [0.1, 0.15) is 11.6 Å². The largest absolute Gasteiger partial charge is 0.493 e. The molecule has 1 heterocycles. The zero-order valence-electron chi connectivity index (χ0n) is 17.2. The second-order valence-electron chi connectivity index (χ2n) is 6.71. The molecule has 4 aromatic rings. The van der Waals surface area contributed by atoms with Crippen LogP contribution in [0.1, 0.15) is 10.4 Å². The maximum Gasteiger partial charge on any atom is 0.258 e.